The maximum absolute atomic E-state index is 10.4. The molecule has 0 saturated heterocycles. The lowest BCUT2D eigenvalue weighted by Crippen LogP contribution is -2.36. The molecule has 1 atom stereocenters. The van der Waals surface area contributed by atoms with Crippen LogP contribution in [0.4, 0.5) is 4.79 Å². The predicted octanol–water partition coefficient (Wildman–Crippen LogP) is 3.15. The van der Waals surface area contributed by atoms with Crippen LogP contribution < -0.4 is 5.32 Å². The molecule has 0 rings (SSSR count). The maximum Gasteiger partial charge on any atom is 0.404 e. The highest BCUT2D eigenvalue weighted by Gasteiger charge is 2.08. The average molecular weight is 245 g/mol. The van der Waals surface area contributed by atoms with Crippen molar-refractivity contribution < 1.29 is 15.0 Å². The van der Waals surface area contributed by atoms with Crippen molar-refractivity contribution in [3.8, 4) is 0 Å². The molecule has 1 amide bonds. The van der Waals surface area contributed by atoms with Gasteiger partial charge in [-0.1, -0.05) is 58.3 Å². The van der Waals surface area contributed by atoms with Crippen molar-refractivity contribution in [2.75, 3.05) is 6.61 Å². The topological polar surface area (TPSA) is 69.6 Å². The summed E-state index contributed by atoms with van der Waals surface area (Å²) in [6, 6.07) is -0.299. The highest BCUT2D eigenvalue weighted by molar-refractivity contribution is 5.64. The van der Waals surface area contributed by atoms with Gasteiger partial charge in [0.25, 0.3) is 0 Å². The molecule has 0 radical (unpaired) electrons. The van der Waals surface area contributed by atoms with Crippen LogP contribution in [0.25, 0.3) is 0 Å². The number of amides is 1. The third kappa shape index (κ3) is 11.5. The lowest BCUT2D eigenvalue weighted by atomic mass is 10.1. The summed E-state index contributed by atoms with van der Waals surface area (Å²) in [7, 11) is 0. The number of aliphatic hydroxyl groups is 1. The molecule has 3 N–H and O–H groups in total. The van der Waals surface area contributed by atoms with E-state index in [0.29, 0.717) is 0 Å². The molecule has 0 aliphatic carbocycles. The van der Waals surface area contributed by atoms with Crippen LogP contribution in [0.5, 0.6) is 0 Å². The van der Waals surface area contributed by atoms with Crippen molar-refractivity contribution in [3.63, 3.8) is 0 Å². The van der Waals surface area contributed by atoms with E-state index < -0.39 is 6.09 Å². The van der Waals surface area contributed by atoms with Gasteiger partial charge < -0.3 is 15.5 Å². The first-order valence-corrected chi connectivity index (χ1v) is 6.81. The lowest BCUT2D eigenvalue weighted by molar-refractivity contribution is 0.174. The quantitative estimate of drug-likeness (QED) is 0.490. The molecule has 0 unspecified atom stereocenters. The molecular formula is C13H27NO3. The Hall–Kier alpha value is -0.770. The van der Waals surface area contributed by atoms with Crippen LogP contribution in [0.2, 0.25) is 0 Å². The molecule has 4 heteroatoms. The molecule has 0 heterocycles. The Labute approximate surface area is 104 Å². The van der Waals surface area contributed by atoms with E-state index in [0.717, 1.165) is 19.3 Å². The van der Waals surface area contributed by atoms with Crippen LogP contribution in [-0.4, -0.2) is 29.0 Å². The lowest BCUT2D eigenvalue weighted by Gasteiger charge is -2.13. The van der Waals surface area contributed by atoms with Crippen LogP contribution in [0.1, 0.15) is 64.7 Å². The summed E-state index contributed by atoms with van der Waals surface area (Å²) in [4.78, 5) is 10.4. The first kappa shape index (κ1) is 16.2. The Morgan fingerprint density at radius 3 is 2.06 bits per heavy atom. The smallest absolute Gasteiger partial charge is 0.404 e. The monoisotopic (exact) mass is 245 g/mol. The van der Waals surface area contributed by atoms with Gasteiger partial charge in [-0.3, -0.25) is 0 Å². The molecule has 0 saturated carbocycles. The van der Waals surface area contributed by atoms with E-state index >= 15 is 0 Å². The van der Waals surface area contributed by atoms with Crippen LogP contribution in [0, 0.1) is 0 Å². The summed E-state index contributed by atoms with van der Waals surface area (Å²) >= 11 is 0. The van der Waals surface area contributed by atoms with Gasteiger partial charge in [-0.05, 0) is 6.42 Å². The Morgan fingerprint density at radius 1 is 1.06 bits per heavy atom. The van der Waals surface area contributed by atoms with Gasteiger partial charge in [0.15, 0.2) is 0 Å². The Kier molecular flexibility index (Phi) is 11.2. The molecule has 4 nitrogen and oxygen atoms in total. The average Bonchev–Trinajstić information content (AvgIpc) is 2.30. The summed E-state index contributed by atoms with van der Waals surface area (Å²) in [5, 5.41) is 19.8. The van der Waals surface area contributed by atoms with E-state index in [2.05, 4.69) is 12.2 Å². The molecule has 0 aromatic rings. The predicted molar refractivity (Wildman–Crippen MR) is 69.3 cm³/mol. The second kappa shape index (κ2) is 11.7. The second-order valence-corrected chi connectivity index (χ2v) is 4.59. The molecule has 17 heavy (non-hydrogen) atoms. The van der Waals surface area contributed by atoms with Crippen molar-refractivity contribution in [1.82, 2.24) is 5.32 Å². The highest BCUT2D eigenvalue weighted by atomic mass is 16.4. The fourth-order valence-corrected chi connectivity index (χ4v) is 1.91. The summed E-state index contributed by atoms with van der Waals surface area (Å²) in [6.07, 6.45) is 9.53. The SMILES string of the molecule is CCCCCCCCCC[C@H](CO)NC(=O)O. The minimum Gasteiger partial charge on any atom is -0.465 e. The fourth-order valence-electron chi connectivity index (χ4n) is 1.91. The maximum atomic E-state index is 10.4. The van der Waals surface area contributed by atoms with E-state index in [-0.39, 0.29) is 12.6 Å². The van der Waals surface area contributed by atoms with Gasteiger partial charge in [0.1, 0.15) is 0 Å². The summed E-state index contributed by atoms with van der Waals surface area (Å²) in [6.45, 7) is 2.10. The largest absolute Gasteiger partial charge is 0.465 e. The molecule has 0 spiro atoms. The Morgan fingerprint density at radius 2 is 1.59 bits per heavy atom. The Bertz CT molecular complexity index is 186. The third-order valence-electron chi connectivity index (χ3n) is 2.95. The summed E-state index contributed by atoms with van der Waals surface area (Å²) < 4.78 is 0. The van der Waals surface area contributed by atoms with Gasteiger partial charge >= 0.3 is 6.09 Å². The number of rotatable bonds is 11. The van der Waals surface area contributed by atoms with Crippen LogP contribution in [0.15, 0.2) is 0 Å². The van der Waals surface area contributed by atoms with E-state index in [1.165, 1.54) is 38.5 Å². The van der Waals surface area contributed by atoms with E-state index in [9.17, 15) is 4.79 Å². The fraction of sp³-hybridized carbons (Fsp3) is 0.923. The number of aliphatic hydroxyl groups excluding tert-OH is 1. The summed E-state index contributed by atoms with van der Waals surface area (Å²) in [5.74, 6) is 0. The molecule has 102 valence electrons. The second-order valence-electron chi connectivity index (χ2n) is 4.59. The first-order chi connectivity index (χ1) is 8.20. The van der Waals surface area contributed by atoms with Crippen molar-refractivity contribution in [1.29, 1.82) is 0 Å². The van der Waals surface area contributed by atoms with Crippen molar-refractivity contribution in [3.05, 3.63) is 0 Å². The van der Waals surface area contributed by atoms with Crippen LogP contribution in [0.3, 0.4) is 0 Å². The first-order valence-electron chi connectivity index (χ1n) is 6.81. The molecular weight excluding hydrogens is 218 g/mol. The number of carbonyl (C=O) groups is 1. The molecule has 0 fully saturated rings. The zero-order valence-corrected chi connectivity index (χ0v) is 11.0. The molecule has 0 aliphatic heterocycles. The zero-order chi connectivity index (χ0) is 12.9. The zero-order valence-electron chi connectivity index (χ0n) is 11.0. The number of hydrogen-bond donors (Lipinski definition) is 3. The van der Waals surface area contributed by atoms with Crippen LogP contribution in [-0.2, 0) is 0 Å². The van der Waals surface area contributed by atoms with Gasteiger partial charge in [-0.25, -0.2) is 4.79 Å². The van der Waals surface area contributed by atoms with Crippen molar-refractivity contribution in [2.24, 2.45) is 0 Å². The standard InChI is InChI=1S/C13H27NO3/c1-2-3-4-5-6-7-8-9-10-12(11-15)14-13(16)17/h12,14-15H,2-11H2,1H3,(H,16,17)/t12-/m1/s1. The molecule has 0 bridgehead atoms. The van der Waals surface area contributed by atoms with Gasteiger partial charge in [-0.15, -0.1) is 0 Å². The minimum absolute atomic E-state index is 0.108. The van der Waals surface area contributed by atoms with Gasteiger partial charge in [0.2, 0.25) is 0 Å². The normalized spacial score (nSPS) is 12.4. The van der Waals surface area contributed by atoms with Crippen molar-refractivity contribution in [2.45, 2.75) is 70.8 Å². The Balaban J connectivity index is 3.28. The minimum atomic E-state index is -1.05. The molecule has 0 aliphatic rings. The highest BCUT2D eigenvalue weighted by Crippen LogP contribution is 2.10. The van der Waals surface area contributed by atoms with Gasteiger partial charge in [-0.2, -0.15) is 0 Å². The van der Waals surface area contributed by atoms with Crippen molar-refractivity contribution >= 4 is 6.09 Å². The van der Waals surface area contributed by atoms with E-state index in [1.807, 2.05) is 0 Å². The molecule has 0 aromatic carbocycles. The number of carboxylic acid groups (broad SMARTS) is 1. The summed E-state index contributed by atoms with van der Waals surface area (Å²) in [5.41, 5.74) is 0. The number of hydrogen-bond acceptors (Lipinski definition) is 2. The number of nitrogens with one attached hydrogen (secondary N) is 1. The number of unbranched alkanes of at least 4 members (excludes halogenated alkanes) is 7. The molecule has 0 aromatic heterocycles. The third-order valence-corrected chi connectivity index (χ3v) is 2.95. The van der Waals surface area contributed by atoms with E-state index in [1.54, 1.807) is 0 Å². The van der Waals surface area contributed by atoms with Crippen LogP contribution >= 0.6 is 0 Å². The van der Waals surface area contributed by atoms with Gasteiger partial charge in [0, 0.05) is 0 Å². The van der Waals surface area contributed by atoms with Gasteiger partial charge in [0.05, 0.1) is 12.6 Å². The van der Waals surface area contributed by atoms with E-state index in [4.69, 9.17) is 10.2 Å².